The molecule has 0 bridgehead atoms. The summed E-state index contributed by atoms with van der Waals surface area (Å²) < 4.78 is 27.1. The van der Waals surface area contributed by atoms with Crippen molar-refractivity contribution in [1.82, 2.24) is 14.9 Å². The standard InChI is InChI=1S/C19H24F2N4/c1-4-16-12-19(23-14(3)22-16)25-9-7-24(8-10-25)13(2)17-6-5-15(20)11-18(17)21/h5-6,11-13H,4,7-10H2,1-3H3. The number of hydrogen-bond donors (Lipinski definition) is 0. The summed E-state index contributed by atoms with van der Waals surface area (Å²) in [7, 11) is 0. The summed E-state index contributed by atoms with van der Waals surface area (Å²) in [6.45, 7) is 9.24. The smallest absolute Gasteiger partial charge is 0.132 e. The maximum atomic E-state index is 14.0. The lowest BCUT2D eigenvalue weighted by molar-refractivity contribution is 0.194. The van der Waals surface area contributed by atoms with Crippen molar-refractivity contribution >= 4 is 5.82 Å². The molecule has 1 unspecified atom stereocenters. The molecule has 1 aliphatic rings. The van der Waals surface area contributed by atoms with Gasteiger partial charge in [-0.2, -0.15) is 0 Å². The van der Waals surface area contributed by atoms with Gasteiger partial charge in [0.15, 0.2) is 0 Å². The Morgan fingerprint density at radius 2 is 1.80 bits per heavy atom. The molecule has 0 radical (unpaired) electrons. The fourth-order valence-electron chi connectivity index (χ4n) is 3.33. The Bertz CT molecular complexity index is 742. The van der Waals surface area contributed by atoms with Crippen LogP contribution in [0.5, 0.6) is 0 Å². The second-order valence-electron chi connectivity index (χ2n) is 6.48. The molecular formula is C19H24F2N4. The van der Waals surface area contributed by atoms with Crippen molar-refractivity contribution in [2.45, 2.75) is 33.2 Å². The van der Waals surface area contributed by atoms with Gasteiger partial charge in [-0.1, -0.05) is 13.0 Å². The van der Waals surface area contributed by atoms with E-state index in [1.54, 1.807) is 6.07 Å². The number of hydrogen-bond acceptors (Lipinski definition) is 4. The quantitative estimate of drug-likeness (QED) is 0.848. The molecule has 4 nitrogen and oxygen atoms in total. The number of anilines is 1. The van der Waals surface area contributed by atoms with Crippen LogP contribution in [0.4, 0.5) is 14.6 Å². The third-order valence-corrected chi connectivity index (χ3v) is 4.84. The third kappa shape index (κ3) is 3.95. The van der Waals surface area contributed by atoms with E-state index >= 15 is 0 Å². The van der Waals surface area contributed by atoms with Crippen molar-refractivity contribution < 1.29 is 8.78 Å². The molecule has 1 aromatic carbocycles. The van der Waals surface area contributed by atoms with Crippen LogP contribution in [0.1, 0.15) is 37.0 Å². The summed E-state index contributed by atoms with van der Waals surface area (Å²) in [5.74, 6) is 0.737. The topological polar surface area (TPSA) is 32.3 Å². The maximum Gasteiger partial charge on any atom is 0.132 e. The minimum Gasteiger partial charge on any atom is -0.354 e. The normalized spacial score (nSPS) is 16.9. The van der Waals surface area contributed by atoms with E-state index < -0.39 is 11.6 Å². The number of piperazine rings is 1. The highest BCUT2D eigenvalue weighted by Gasteiger charge is 2.25. The molecule has 1 fully saturated rings. The Morgan fingerprint density at radius 1 is 1.08 bits per heavy atom. The van der Waals surface area contributed by atoms with Gasteiger partial charge in [0, 0.05) is 55.6 Å². The largest absolute Gasteiger partial charge is 0.354 e. The van der Waals surface area contributed by atoms with Crippen molar-refractivity contribution in [3.8, 4) is 0 Å². The summed E-state index contributed by atoms with van der Waals surface area (Å²) in [6.07, 6.45) is 0.886. The number of rotatable bonds is 4. The van der Waals surface area contributed by atoms with E-state index in [2.05, 4.69) is 26.7 Å². The van der Waals surface area contributed by atoms with Crippen LogP contribution in [0.2, 0.25) is 0 Å². The predicted octanol–water partition coefficient (Wildman–Crippen LogP) is 3.51. The Hall–Kier alpha value is -2.08. The number of aromatic nitrogens is 2. The molecule has 6 heteroatoms. The molecule has 0 spiro atoms. The van der Waals surface area contributed by atoms with Gasteiger partial charge in [-0.3, -0.25) is 4.90 Å². The third-order valence-electron chi connectivity index (χ3n) is 4.84. The SMILES string of the molecule is CCc1cc(N2CCN(C(C)c3ccc(F)cc3F)CC2)nc(C)n1. The lowest BCUT2D eigenvalue weighted by atomic mass is 10.1. The number of aryl methyl sites for hydroxylation is 2. The van der Waals surface area contributed by atoms with E-state index in [0.29, 0.717) is 5.56 Å². The average molecular weight is 346 g/mol. The van der Waals surface area contributed by atoms with Crippen LogP contribution >= 0.6 is 0 Å². The van der Waals surface area contributed by atoms with Crippen molar-refractivity contribution in [3.05, 3.63) is 53.0 Å². The van der Waals surface area contributed by atoms with Crippen LogP contribution in [0.15, 0.2) is 24.3 Å². The first kappa shape index (κ1) is 17.7. The highest BCUT2D eigenvalue weighted by molar-refractivity contribution is 5.40. The van der Waals surface area contributed by atoms with Gasteiger partial charge in [0.2, 0.25) is 0 Å². The van der Waals surface area contributed by atoms with E-state index in [0.717, 1.165) is 56.0 Å². The van der Waals surface area contributed by atoms with Crippen molar-refractivity contribution in [1.29, 1.82) is 0 Å². The van der Waals surface area contributed by atoms with Gasteiger partial charge in [0.05, 0.1) is 0 Å². The molecule has 2 heterocycles. The lowest BCUT2D eigenvalue weighted by Crippen LogP contribution is -2.47. The summed E-state index contributed by atoms with van der Waals surface area (Å²) in [5.41, 5.74) is 1.59. The fraction of sp³-hybridized carbons (Fsp3) is 0.474. The molecule has 0 N–H and O–H groups in total. The average Bonchev–Trinajstić information content (AvgIpc) is 2.61. The van der Waals surface area contributed by atoms with Gasteiger partial charge in [0.1, 0.15) is 23.3 Å². The Labute approximate surface area is 147 Å². The lowest BCUT2D eigenvalue weighted by Gasteiger charge is -2.38. The van der Waals surface area contributed by atoms with Gasteiger partial charge in [-0.05, 0) is 26.3 Å². The summed E-state index contributed by atoms with van der Waals surface area (Å²) in [5, 5.41) is 0. The Balaban J connectivity index is 1.68. The molecule has 0 saturated carbocycles. The summed E-state index contributed by atoms with van der Waals surface area (Å²) in [4.78, 5) is 13.5. The summed E-state index contributed by atoms with van der Waals surface area (Å²) in [6, 6.07) is 5.79. The molecule has 2 aromatic rings. The summed E-state index contributed by atoms with van der Waals surface area (Å²) >= 11 is 0. The van der Waals surface area contributed by atoms with Crippen LogP contribution in [-0.2, 0) is 6.42 Å². The molecule has 134 valence electrons. The maximum absolute atomic E-state index is 14.0. The molecule has 1 aliphatic heterocycles. The zero-order valence-corrected chi connectivity index (χ0v) is 15.0. The molecular weight excluding hydrogens is 322 g/mol. The second kappa shape index (κ2) is 7.44. The zero-order chi connectivity index (χ0) is 18.0. The van der Waals surface area contributed by atoms with Gasteiger partial charge in [-0.15, -0.1) is 0 Å². The van der Waals surface area contributed by atoms with Crippen molar-refractivity contribution in [2.24, 2.45) is 0 Å². The van der Waals surface area contributed by atoms with E-state index in [-0.39, 0.29) is 6.04 Å². The van der Waals surface area contributed by atoms with Crippen LogP contribution < -0.4 is 4.90 Å². The highest BCUT2D eigenvalue weighted by atomic mass is 19.1. The van der Waals surface area contributed by atoms with Crippen molar-refractivity contribution in [3.63, 3.8) is 0 Å². The first-order valence-electron chi connectivity index (χ1n) is 8.76. The van der Waals surface area contributed by atoms with Crippen LogP contribution in [0.25, 0.3) is 0 Å². The molecule has 1 atom stereocenters. The fourth-order valence-corrected chi connectivity index (χ4v) is 3.33. The van der Waals surface area contributed by atoms with Gasteiger partial charge < -0.3 is 4.90 Å². The minimum atomic E-state index is -0.538. The molecule has 3 rings (SSSR count). The predicted molar refractivity (Wildman–Crippen MR) is 94.7 cm³/mol. The first-order valence-corrected chi connectivity index (χ1v) is 8.76. The molecule has 25 heavy (non-hydrogen) atoms. The Kier molecular flexibility index (Phi) is 5.27. The molecule has 0 aliphatic carbocycles. The monoisotopic (exact) mass is 346 g/mol. The van der Waals surface area contributed by atoms with E-state index in [9.17, 15) is 8.78 Å². The second-order valence-corrected chi connectivity index (χ2v) is 6.48. The van der Waals surface area contributed by atoms with Crippen LogP contribution in [0, 0.1) is 18.6 Å². The molecule has 1 saturated heterocycles. The van der Waals surface area contributed by atoms with Gasteiger partial charge >= 0.3 is 0 Å². The number of halogens is 2. The van der Waals surface area contributed by atoms with E-state index in [1.165, 1.54) is 6.07 Å². The first-order chi connectivity index (χ1) is 12.0. The number of benzene rings is 1. The van der Waals surface area contributed by atoms with E-state index in [1.807, 2.05) is 19.9 Å². The van der Waals surface area contributed by atoms with Crippen LogP contribution in [0.3, 0.4) is 0 Å². The Morgan fingerprint density at radius 3 is 2.44 bits per heavy atom. The molecule has 0 amide bonds. The van der Waals surface area contributed by atoms with Gasteiger partial charge in [-0.25, -0.2) is 18.7 Å². The molecule has 1 aromatic heterocycles. The van der Waals surface area contributed by atoms with E-state index in [4.69, 9.17) is 0 Å². The van der Waals surface area contributed by atoms with Crippen molar-refractivity contribution in [2.75, 3.05) is 31.1 Å². The highest BCUT2D eigenvalue weighted by Crippen LogP contribution is 2.26. The zero-order valence-electron chi connectivity index (χ0n) is 15.0. The van der Waals surface area contributed by atoms with Crippen LogP contribution in [-0.4, -0.2) is 41.0 Å². The van der Waals surface area contributed by atoms with Gasteiger partial charge in [0.25, 0.3) is 0 Å². The number of nitrogens with zero attached hydrogens (tertiary/aromatic N) is 4. The minimum absolute atomic E-state index is 0.0823.